The van der Waals surface area contributed by atoms with Crippen molar-refractivity contribution in [1.29, 1.82) is 0 Å². The standard InChI is InChI=1S/C11H19NO4/c1-8(13)15-7-9-5-12(6-9)10(14)16-11(2,3)4/h9H,5-7H2,1-4H3. The molecular formula is C11H19NO4. The van der Waals surface area contributed by atoms with E-state index in [4.69, 9.17) is 9.47 Å². The molecule has 1 fully saturated rings. The summed E-state index contributed by atoms with van der Waals surface area (Å²) in [6.07, 6.45) is -0.299. The third-order valence-electron chi connectivity index (χ3n) is 2.13. The van der Waals surface area contributed by atoms with Gasteiger partial charge in [0.25, 0.3) is 0 Å². The summed E-state index contributed by atoms with van der Waals surface area (Å²) in [5.41, 5.74) is -0.460. The van der Waals surface area contributed by atoms with E-state index >= 15 is 0 Å². The molecule has 92 valence electrons. The lowest BCUT2D eigenvalue weighted by molar-refractivity contribution is -0.143. The number of ether oxygens (including phenoxy) is 2. The topological polar surface area (TPSA) is 55.8 Å². The molecule has 0 aliphatic carbocycles. The van der Waals surface area contributed by atoms with Gasteiger partial charge < -0.3 is 14.4 Å². The Morgan fingerprint density at radius 3 is 2.31 bits per heavy atom. The molecule has 1 aliphatic heterocycles. The Balaban J connectivity index is 2.20. The van der Waals surface area contributed by atoms with Crippen LogP contribution in [0.1, 0.15) is 27.7 Å². The molecule has 0 bridgehead atoms. The van der Waals surface area contributed by atoms with Crippen molar-refractivity contribution in [2.75, 3.05) is 19.7 Å². The minimum absolute atomic E-state index is 0.247. The van der Waals surface area contributed by atoms with E-state index in [0.29, 0.717) is 19.7 Å². The van der Waals surface area contributed by atoms with Crippen LogP contribution in [0.3, 0.4) is 0 Å². The summed E-state index contributed by atoms with van der Waals surface area (Å²) >= 11 is 0. The molecule has 0 aromatic heterocycles. The predicted octanol–water partition coefficient (Wildman–Crippen LogP) is 1.42. The minimum Gasteiger partial charge on any atom is -0.465 e. The summed E-state index contributed by atoms with van der Waals surface area (Å²) in [5.74, 6) is -0.0351. The van der Waals surface area contributed by atoms with Crippen LogP contribution in [0.25, 0.3) is 0 Å². The minimum atomic E-state index is -0.460. The van der Waals surface area contributed by atoms with Crippen molar-refractivity contribution in [3.8, 4) is 0 Å². The highest BCUT2D eigenvalue weighted by molar-refractivity contribution is 5.69. The van der Waals surface area contributed by atoms with Crippen LogP contribution in [0.4, 0.5) is 4.79 Å². The Labute approximate surface area is 95.7 Å². The molecule has 1 aliphatic rings. The lowest BCUT2D eigenvalue weighted by Crippen LogP contribution is -2.53. The van der Waals surface area contributed by atoms with Crippen molar-refractivity contribution < 1.29 is 19.1 Å². The lowest BCUT2D eigenvalue weighted by atomic mass is 10.0. The maximum atomic E-state index is 11.5. The first kappa shape index (κ1) is 12.8. The summed E-state index contributed by atoms with van der Waals surface area (Å²) in [5, 5.41) is 0. The highest BCUT2D eigenvalue weighted by Crippen LogP contribution is 2.19. The second kappa shape index (κ2) is 4.72. The summed E-state index contributed by atoms with van der Waals surface area (Å²) < 4.78 is 10.1. The predicted molar refractivity (Wildman–Crippen MR) is 57.9 cm³/mol. The van der Waals surface area contributed by atoms with Gasteiger partial charge in [-0.2, -0.15) is 0 Å². The van der Waals surface area contributed by atoms with Crippen LogP contribution in [0.15, 0.2) is 0 Å². The van der Waals surface area contributed by atoms with Gasteiger partial charge in [-0.15, -0.1) is 0 Å². The van der Waals surface area contributed by atoms with Crippen molar-refractivity contribution >= 4 is 12.1 Å². The van der Waals surface area contributed by atoms with Gasteiger partial charge in [-0.1, -0.05) is 0 Å². The molecule has 1 saturated heterocycles. The van der Waals surface area contributed by atoms with Crippen molar-refractivity contribution in [2.45, 2.75) is 33.3 Å². The Kier molecular flexibility index (Phi) is 3.78. The van der Waals surface area contributed by atoms with Crippen LogP contribution in [0.2, 0.25) is 0 Å². The summed E-state index contributed by atoms with van der Waals surface area (Å²) in [6, 6.07) is 0. The average Bonchev–Trinajstić information content (AvgIpc) is 1.96. The van der Waals surface area contributed by atoms with Crippen molar-refractivity contribution in [2.24, 2.45) is 5.92 Å². The molecule has 0 atom stereocenters. The highest BCUT2D eigenvalue weighted by atomic mass is 16.6. The van der Waals surface area contributed by atoms with E-state index in [1.54, 1.807) is 4.90 Å². The van der Waals surface area contributed by atoms with Crippen molar-refractivity contribution in [3.63, 3.8) is 0 Å². The Hall–Kier alpha value is -1.26. The van der Waals surface area contributed by atoms with Crippen LogP contribution in [-0.4, -0.2) is 42.3 Å². The summed E-state index contributed by atoms with van der Waals surface area (Å²) in [4.78, 5) is 23.7. The van der Waals surface area contributed by atoms with E-state index in [-0.39, 0.29) is 18.0 Å². The van der Waals surface area contributed by atoms with E-state index in [0.717, 1.165) is 0 Å². The quantitative estimate of drug-likeness (QED) is 0.672. The number of hydrogen-bond acceptors (Lipinski definition) is 4. The number of hydrogen-bond donors (Lipinski definition) is 0. The van der Waals surface area contributed by atoms with Crippen LogP contribution in [0.5, 0.6) is 0 Å². The van der Waals surface area contributed by atoms with Crippen LogP contribution in [0, 0.1) is 5.92 Å². The normalized spacial score (nSPS) is 16.6. The smallest absolute Gasteiger partial charge is 0.410 e. The maximum absolute atomic E-state index is 11.5. The van der Waals surface area contributed by atoms with Gasteiger partial charge in [-0.3, -0.25) is 4.79 Å². The van der Waals surface area contributed by atoms with Crippen LogP contribution >= 0.6 is 0 Å². The molecule has 16 heavy (non-hydrogen) atoms. The number of likely N-dealkylation sites (tertiary alicyclic amines) is 1. The fourth-order valence-corrected chi connectivity index (χ4v) is 1.39. The molecular weight excluding hydrogens is 210 g/mol. The Bertz CT molecular complexity index is 276. The van der Waals surface area contributed by atoms with Gasteiger partial charge in [0.1, 0.15) is 5.60 Å². The number of carbonyl (C=O) groups excluding carboxylic acids is 2. The fourth-order valence-electron chi connectivity index (χ4n) is 1.39. The summed E-state index contributed by atoms with van der Waals surface area (Å²) in [6.45, 7) is 8.46. The Morgan fingerprint density at radius 1 is 1.31 bits per heavy atom. The number of nitrogens with zero attached hydrogens (tertiary/aromatic N) is 1. The molecule has 1 heterocycles. The lowest BCUT2D eigenvalue weighted by Gasteiger charge is -2.39. The first-order valence-electron chi connectivity index (χ1n) is 5.39. The Morgan fingerprint density at radius 2 is 1.88 bits per heavy atom. The number of carbonyl (C=O) groups is 2. The molecule has 5 nitrogen and oxygen atoms in total. The molecule has 0 spiro atoms. The highest BCUT2D eigenvalue weighted by Gasteiger charge is 2.34. The maximum Gasteiger partial charge on any atom is 0.410 e. The number of esters is 1. The monoisotopic (exact) mass is 229 g/mol. The SMILES string of the molecule is CC(=O)OCC1CN(C(=O)OC(C)(C)C)C1. The van der Waals surface area contributed by atoms with Gasteiger partial charge >= 0.3 is 12.1 Å². The van der Waals surface area contributed by atoms with Gasteiger partial charge in [0.2, 0.25) is 0 Å². The first-order chi connectivity index (χ1) is 7.28. The zero-order valence-corrected chi connectivity index (χ0v) is 10.3. The molecule has 0 unspecified atom stereocenters. The second-order valence-corrected chi connectivity index (χ2v) is 5.05. The molecule has 1 rings (SSSR count). The zero-order chi connectivity index (χ0) is 12.3. The van der Waals surface area contributed by atoms with Gasteiger partial charge in [-0.05, 0) is 20.8 Å². The zero-order valence-electron chi connectivity index (χ0n) is 10.3. The number of rotatable bonds is 2. The third kappa shape index (κ3) is 4.08. The molecule has 0 radical (unpaired) electrons. The third-order valence-corrected chi connectivity index (χ3v) is 2.13. The molecule has 5 heteroatoms. The van der Waals surface area contributed by atoms with E-state index in [9.17, 15) is 9.59 Å². The van der Waals surface area contributed by atoms with E-state index in [1.165, 1.54) is 6.92 Å². The molecule has 0 aromatic carbocycles. The van der Waals surface area contributed by atoms with Gasteiger partial charge in [-0.25, -0.2) is 4.79 Å². The molecule has 1 amide bonds. The van der Waals surface area contributed by atoms with E-state index < -0.39 is 5.60 Å². The van der Waals surface area contributed by atoms with Crippen molar-refractivity contribution in [1.82, 2.24) is 4.90 Å². The van der Waals surface area contributed by atoms with Crippen LogP contribution in [-0.2, 0) is 14.3 Å². The van der Waals surface area contributed by atoms with Crippen LogP contribution < -0.4 is 0 Å². The second-order valence-electron chi connectivity index (χ2n) is 5.05. The van der Waals surface area contributed by atoms with Gasteiger partial charge in [0.15, 0.2) is 0 Å². The van der Waals surface area contributed by atoms with Crippen molar-refractivity contribution in [3.05, 3.63) is 0 Å². The molecule has 0 N–H and O–H groups in total. The fraction of sp³-hybridized carbons (Fsp3) is 0.818. The summed E-state index contributed by atoms with van der Waals surface area (Å²) in [7, 11) is 0. The molecule has 0 aromatic rings. The first-order valence-corrected chi connectivity index (χ1v) is 5.39. The van der Waals surface area contributed by atoms with E-state index in [1.807, 2.05) is 20.8 Å². The average molecular weight is 229 g/mol. The van der Waals surface area contributed by atoms with Gasteiger partial charge in [0, 0.05) is 25.9 Å². The largest absolute Gasteiger partial charge is 0.465 e. The van der Waals surface area contributed by atoms with Gasteiger partial charge in [0.05, 0.1) is 6.61 Å². The number of amides is 1. The molecule has 0 saturated carbocycles. The van der Waals surface area contributed by atoms with E-state index in [2.05, 4.69) is 0 Å².